The van der Waals surface area contributed by atoms with Crippen molar-refractivity contribution in [1.82, 2.24) is 9.80 Å². The molecule has 1 aromatic rings. The SMILES string of the molecule is CN(C)C/C=C/C(=O)Nc1cccc(NC(=O)N2CCCC(N)C2)c1. The number of amides is 3. The Bertz CT molecular complexity index is 630. The van der Waals surface area contributed by atoms with Crippen LogP contribution >= 0.6 is 0 Å². The van der Waals surface area contributed by atoms with E-state index in [1.807, 2.05) is 19.0 Å². The molecule has 7 heteroatoms. The van der Waals surface area contributed by atoms with Crippen LogP contribution < -0.4 is 16.4 Å². The first-order valence-corrected chi connectivity index (χ1v) is 8.48. The van der Waals surface area contributed by atoms with E-state index in [0.717, 1.165) is 12.8 Å². The zero-order valence-electron chi connectivity index (χ0n) is 14.9. The zero-order chi connectivity index (χ0) is 18.2. The summed E-state index contributed by atoms with van der Waals surface area (Å²) in [7, 11) is 3.87. The molecule has 1 fully saturated rings. The molecule has 1 atom stereocenters. The first-order chi connectivity index (χ1) is 11.9. The van der Waals surface area contributed by atoms with Crippen LogP contribution in [0.25, 0.3) is 0 Å². The molecule has 7 nitrogen and oxygen atoms in total. The number of hydrogen-bond donors (Lipinski definition) is 3. The van der Waals surface area contributed by atoms with E-state index in [2.05, 4.69) is 10.6 Å². The van der Waals surface area contributed by atoms with Crippen LogP contribution in [0.1, 0.15) is 12.8 Å². The molecule has 1 aliphatic heterocycles. The molecular formula is C18H27N5O2. The third kappa shape index (κ3) is 6.56. The Morgan fingerprint density at radius 2 is 2.04 bits per heavy atom. The topological polar surface area (TPSA) is 90.7 Å². The summed E-state index contributed by atoms with van der Waals surface area (Å²) in [6, 6.07) is 6.98. The van der Waals surface area contributed by atoms with Gasteiger partial charge in [0.05, 0.1) is 0 Å². The highest BCUT2D eigenvalue weighted by Gasteiger charge is 2.21. The standard InChI is InChI=1S/C18H27N5O2/c1-22(2)10-5-9-17(24)20-15-7-3-8-16(12-15)21-18(25)23-11-4-6-14(19)13-23/h3,5,7-9,12,14H,4,6,10-11,13,19H2,1-2H3,(H,20,24)(H,21,25)/b9-5+. The number of nitrogens with zero attached hydrogens (tertiary/aromatic N) is 2. The van der Waals surface area contributed by atoms with E-state index < -0.39 is 0 Å². The molecule has 0 aromatic heterocycles. The molecule has 3 amide bonds. The second kappa shape index (κ2) is 9.19. The van der Waals surface area contributed by atoms with E-state index in [9.17, 15) is 9.59 Å². The van der Waals surface area contributed by atoms with Gasteiger partial charge in [-0.05, 0) is 45.1 Å². The number of nitrogens with one attached hydrogen (secondary N) is 2. The van der Waals surface area contributed by atoms with Crippen molar-refractivity contribution in [2.75, 3.05) is 44.4 Å². The van der Waals surface area contributed by atoms with Gasteiger partial charge in [-0.15, -0.1) is 0 Å². The van der Waals surface area contributed by atoms with Crippen molar-refractivity contribution in [2.24, 2.45) is 5.73 Å². The summed E-state index contributed by atoms with van der Waals surface area (Å²) < 4.78 is 0. The largest absolute Gasteiger partial charge is 0.326 e. The second-order valence-electron chi connectivity index (χ2n) is 6.51. The van der Waals surface area contributed by atoms with Crippen molar-refractivity contribution in [3.05, 3.63) is 36.4 Å². The lowest BCUT2D eigenvalue weighted by Gasteiger charge is -2.30. The third-order valence-electron chi connectivity index (χ3n) is 3.87. The minimum absolute atomic E-state index is 0.0408. The van der Waals surface area contributed by atoms with E-state index in [1.54, 1.807) is 35.2 Å². The Labute approximate surface area is 148 Å². The van der Waals surface area contributed by atoms with Crippen LogP contribution in [0, 0.1) is 0 Å². The third-order valence-corrected chi connectivity index (χ3v) is 3.87. The van der Waals surface area contributed by atoms with Gasteiger partial charge in [0.25, 0.3) is 0 Å². The molecule has 1 saturated heterocycles. The molecule has 0 spiro atoms. The minimum Gasteiger partial charge on any atom is -0.326 e. The Balaban J connectivity index is 1.91. The molecule has 0 saturated carbocycles. The van der Waals surface area contributed by atoms with Gasteiger partial charge in [0.2, 0.25) is 5.91 Å². The lowest BCUT2D eigenvalue weighted by atomic mass is 10.1. The number of anilines is 2. The monoisotopic (exact) mass is 345 g/mol. The molecule has 136 valence electrons. The van der Waals surface area contributed by atoms with Crippen LogP contribution in [-0.4, -0.2) is 61.5 Å². The minimum atomic E-state index is -0.202. The number of urea groups is 1. The summed E-state index contributed by atoms with van der Waals surface area (Å²) >= 11 is 0. The number of piperidine rings is 1. The predicted molar refractivity (Wildman–Crippen MR) is 101 cm³/mol. The fourth-order valence-corrected chi connectivity index (χ4v) is 2.63. The molecule has 1 aliphatic rings. The van der Waals surface area contributed by atoms with Gasteiger partial charge in [0.15, 0.2) is 0 Å². The number of likely N-dealkylation sites (tertiary alicyclic amines) is 1. The van der Waals surface area contributed by atoms with Crippen LogP contribution in [0.2, 0.25) is 0 Å². The van der Waals surface area contributed by atoms with Crippen LogP contribution in [0.4, 0.5) is 16.2 Å². The zero-order valence-corrected chi connectivity index (χ0v) is 14.9. The number of carbonyl (C=O) groups is 2. The van der Waals surface area contributed by atoms with E-state index >= 15 is 0 Å². The first-order valence-electron chi connectivity index (χ1n) is 8.48. The molecule has 0 radical (unpaired) electrons. The van der Waals surface area contributed by atoms with Crippen LogP contribution in [0.5, 0.6) is 0 Å². The van der Waals surface area contributed by atoms with Crippen molar-refractivity contribution in [3.63, 3.8) is 0 Å². The number of carbonyl (C=O) groups excluding carboxylic acids is 2. The van der Waals surface area contributed by atoms with Crippen molar-refractivity contribution < 1.29 is 9.59 Å². The number of benzene rings is 1. The van der Waals surface area contributed by atoms with Gasteiger partial charge in [0, 0.05) is 43.1 Å². The van der Waals surface area contributed by atoms with Crippen molar-refractivity contribution in [2.45, 2.75) is 18.9 Å². The van der Waals surface area contributed by atoms with Gasteiger partial charge in [-0.2, -0.15) is 0 Å². The highest BCUT2D eigenvalue weighted by atomic mass is 16.2. The maximum absolute atomic E-state index is 12.3. The van der Waals surface area contributed by atoms with Crippen LogP contribution in [-0.2, 0) is 4.79 Å². The highest BCUT2D eigenvalue weighted by molar-refractivity contribution is 6.00. The smallest absolute Gasteiger partial charge is 0.321 e. The Morgan fingerprint density at radius 1 is 1.32 bits per heavy atom. The summed E-state index contributed by atoms with van der Waals surface area (Å²) in [5.41, 5.74) is 7.19. The van der Waals surface area contributed by atoms with Gasteiger partial charge in [-0.3, -0.25) is 4.79 Å². The first kappa shape index (κ1) is 19.0. The molecule has 4 N–H and O–H groups in total. The van der Waals surface area contributed by atoms with Crippen molar-refractivity contribution >= 4 is 23.3 Å². The predicted octanol–water partition coefficient (Wildman–Crippen LogP) is 1.70. The average Bonchev–Trinajstić information content (AvgIpc) is 2.54. The second-order valence-corrected chi connectivity index (χ2v) is 6.51. The lowest BCUT2D eigenvalue weighted by molar-refractivity contribution is -0.111. The number of nitrogens with two attached hydrogens (primary N) is 1. The van der Waals surface area contributed by atoms with Gasteiger partial charge >= 0.3 is 6.03 Å². The van der Waals surface area contributed by atoms with Crippen molar-refractivity contribution in [1.29, 1.82) is 0 Å². The molecule has 2 rings (SSSR count). The molecule has 0 bridgehead atoms. The average molecular weight is 345 g/mol. The quantitative estimate of drug-likeness (QED) is 0.709. The summed E-state index contributed by atoms with van der Waals surface area (Å²) in [6.07, 6.45) is 5.16. The normalized spacial score (nSPS) is 17.8. The fourth-order valence-electron chi connectivity index (χ4n) is 2.63. The lowest BCUT2D eigenvalue weighted by Crippen LogP contribution is -2.47. The summed E-state index contributed by atoms with van der Waals surface area (Å²) in [4.78, 5) is 27.9. The molecule has 1 aromatic carbocycles. The number of likely N-dealkylation sites (N-methyl/N-ethyl adjacent to an activating group) is 1. The Kier molecular flexibility index (Phi) is 6.97. The van der Waals surface area contributed by atoms with Gasteiger partial charge < -0.3 is 26.2 Å². The van der Waals surface area contributed by atoms with Crippen LogP contribution in [0.3, 0.4) is 0 Å². The Morgan fingerprint density at radius 3 is 2.72 bits per heavy atom. The molecule has 25 heavy (non-hydrogen) atoms. The molecule has 0 aliphatic carbocycles. The Hall–Kier alpha value is -2.38. The summed E-state index contributed by atoms with van der Waals surface area (Å²) in [5.74, 6) is -0.202. The van der Waals surface area contributed by atoms with E-state index in [1.165, 1.54) is 6.08 Å². The number of hydrogen-bond acceptors (Lipinski definition) is 4. The van der Waals surface area contributed by atoms with E-state index in [0.29, 0.717) is 31.0 Å². The maximum Gasteiger partial charge on any atom is 0.321 e. The highest BCUT2D eigenvalue weighted by Crippen LogP contribution is 2.17. The van der Waals surface area contributed by atoms with Gasteiger partial charge in [0.1, 0.15) is 0 Å². The van der Waals surface area contributed by atoms with Crippen molar-refractivity contribution in [3.8, 4) is 0 Å². The van der Waals surface area contributed by atoms with Gasteiger partial charge in [-0.1, -0.05) is 12.1 Å². The van der Waals surface area contributed by atoms with E-state index in [-0.39, 0.29) is 18.0 Å². The summed E-state index contributed by atoms with van der Waals surface area (Å²) in [6.45, 7) is 1.98. The van der Waals surface area contributed by atoms with E-state index in [4.69, 9.17) is 5.73 Å². The van der Waals surface area contributed by atoms with Crippen LogP contribution in [0.15, 0.2) is 36.4 Å². The summed E-state index contributed by atoms with van der Waals surface area (Å²) in [5, 5.41) is 5.65. The molecule has 1 heterocycles. The maximum atomic E-state index is 12.3. The fraction of sp³-hybridized carbons (Fsp3) is 0.444. The number of rotatable bonds is 5. The van der Waals surface area contributed by atoms with Gasteiger partial charge in [-0.25, -0.2) is 4.79 Å². The molecule has 1 unspecified atom stereocenters. The molecular weight excluding hydrogens is 318 g/mol.